The van der Waals surface area contributed by atoms with Crippen molar-refractivity contribution < 1.29 is 18.7 Å². The molecule has 0 bridgehead atoms. The minimum atomic E-state index is -0.713. The van der Waals surface area contributed by atoms with Gasteiger partial charge >= 0.3 is 5.97 Å². The highest BCUT2D eigenvalue weighted by Crippen LogP contribution is 2.30. The van der Waals surface area contributed by atoms with Crippen LogP contribution in [0, 0.1) is 5.82 Å². The number of halogens is 2. The fourth-order valence-electron chi connectivity index (χ4n) is 1.56. The van der Waals surface area contributed by atoms with Gasteiger partial charge in [-0.15, -0.1) is 0 Å². The molecule has 0 amide bonds. The minimum Gasteiger partial charge on any atom is -0.464 e. The molecule has 110 valence electrons. The molecule has 5 nitrogen and oxygen atoms in total. The van der Waals surface area contributed by atoms with Crippen LogP contribution in [0.1, 0.15) is 27.1 Å². The number of Topliss-reactive ketones (excluding diaryl/α,β-unsaturated/α-hetero) is 1. The average molecular weight is 329 g/mol. The molecule has 1 aromatic carbocycles. The summed E-state index contributed by atoms with van der Waals surface area (Å²) in [7, 11) is 1.20. The van der Waals surface area contributed by atoms with E-state index in [9.17, 15) is 14.0 Å². The van der Waals surface area contributed by atoms with Crippen LogP contribution in [0.15, 0.2) is 18.2 Å². The smallest absolute Gasteiger partial charge is 0.358 e. The molecule has 0 radical (unpaired) electrons. The van der Waals surface area contributed by atoms with E-state index in [1.54, 1.807) is 0 Å². The van der Waals surface area contributed by atoms with E-state index < -0.39 is 11.8 Å². The molecule has 1 aromatic heterocycles. The van der Waals surface area contributed by atoms with E-state index in [2.05, 4.69) is 15.0 Å². The molecular weight excluding hydrogens is 319 g/mol. The van der Waals surface area contributed by atoms with Crippen molar-refractivity contribution in [3.05, 3.63) is 39.6 Å². The number of hydrogen-bond acceptors (Lipinski definition) is 6. The number of carbonyl (C=O) groups is 2. The van der Waals surface area contributed by atoms with E-state index >= 15 is 0 Å². The third-order valence-electron chi connectivity index (χ3n) is 2.50. The minimum absolute atomic E-state index is 0.0787. The number of carbonyl (C=O) groups excluding carboxylic acids is 2. The summed E-state index contributed by atoms with van der Waals surface area (Å²) < 4.78 is 17.8. The van der Waals surface area contributed by atoms with Gasteiger partial charge in [0.25, 0.3) is 0 Å². The van der Waals surface area contributed by atoms with Crippen LogP contribution < -0.4 is 5.32 Å². The van der Waals surface area contributed by atoms with Crippen molar-refractivity contribution in [2.75, 3.05) is 12.4 Å². The number of anilines is 2. The normalized spacial score (nSPS) is 10.3. The Kier molecular flexibility index (Phi) is 4.54. The standard InChI is InChI=1S/C13H10ClFN2O3S/c1-6(18)11-10(12(19)20-2)17-13(21-11)16-9-5-7(15)3-4-8(9)14/h3-5H,1-2H3,(H,16,17). The first-order valence-corrected chi connectivity index (χ1v) is 6.94. The third-order valence-corrected chi connectivity index (χ3v) is 3.90. The fourth-order valence-corrected chi connectivity index (χ4v) is 2.58. The van der Waals surface area contributed by atoms with Crippen molar-refractivity contribution >= 4 is 45.5 Å². The molecule has 0 aliphatic heterocycles. The summed E-state index contributed by atoms with van der Waals surface area (Å²) in [5.74, 6) is -1.50. The number of nitrogens with one attached hydrogen (secondary N) is 1. The molecule has 1 N–H and O–H groups in total. The van der Waals surface area contributed by atoms with Crippen LogP contribution in [-0.4, -0.2) is 23.8 Å². The van der Waals surface area contributed by atoms with Crippen molar-refractivity contribution in [2.24, 2.45) is 0 Å². The quantitative estimate of drug-likeness (QED) is 0.685. The van der Waals surface area contributed by atoms with E-state index in [-0.39, 0.29) is 32.2 Å². The number of esters is 1. The first-order chi connectivity index (χ1) is 9.92. The molecule has 1 heterocycles. The Hall–Kier alpha value is -1.99. The molecule has 2 rings (SSSR count). The summed E-state index contributed by atoms with van der Waals surface area (Å²) in [5, 5.41) is 3.31. The van der Waals surface area contributed by atoms with Gasteiger partial charge in [-0.2, -0.15) is 0 Å². The molecule has 0 fully saturated rings. The van der Waals surface area contributed by atoms with Gasteiger partial charge in [0, 0.05) is 6.92 Å². The van der Waals surface area contributed by atoms with Crippen molar-refractivity contribution in [3.8, 4) is 0 Å². The lowest BCUT2D eigenvalue weighted by atomic mass is 10.3. The van der Waals surface area contributed by atoms with E-state index in [0.29, 0.717) is 0 Å². The molecule has 0 aliphatic carbocycles. The Morgan fingerprint density at radius 3 is 2.76 bits per heavy atom. The van der Waals surface area contributed by atoms with Crippen molar-refractivity contribution in [1.82, 2.24) is 4.98 Å². The molecule has 0 saturated heterocycles. The molecule has 0 spiro atoms. The zero-order valence-corrected chi connectivity index (χ0v) is 12.6. The van der Waals surface area contributed by atoms with Gasteiger partial charge in [0.05, 0.1) is 17.8 Å². The number of nitrogens with zero attached hydrogens (tertiary/aromatic N) is 1. The summed E-state index contributed by atoms with van der Waals surface area (Å²) >= 11 is 6.90. The summed E-state index contributed by atoms with van der Waals surface area (Å²) in [4.78, 5) is 27.3. The van der Waals surface area contributed by atoms with Gasteiger partial charge < -0.3 is 10.1 Å². The molecule has 0 aliphatic rings. The van der Waals surface area contributed by atoms with Crippen LogP contribution in [0.3, 0.4) is 0 Å². The number of hydrogen-bond donors (Lipinski definition) is 1. The molecule has 0 atom stereocenters. The van der Waals surface area contributed by atoms with Crippen LogP contribution in [0.5, 0.6) is 0 Å². The monoisotopic (exact) mass is 328 g/mol. The predicted molar refractivity (Wildman–Crippen MR) is 78.2 cm³/mol. The topological polar surface area (TPSA) is 68.3 Å². The summed E-state index contributed by atoms with van der Waals surface area (Å²) in [6, 6.07) is 3.80. The second kappa shape index (κ2) is 6.19. The zero-order chi connectivity index (χ0) is 15.6. The first kappa shape index (κ1) is 15.4. The first-order valence-electron chi connectivity index (χ1n) is 5.74. The van der Waals surface area contributed by atoms with Gasteiger partial charge in [-0.1, -0.05) is 22.9 Å². The summed E-state index contributed by atoms with van der Waals surface area (Å²) in [6.45, 7) is 1.32. The van der Waals surface area contributed by atoms with Crippen LogP contribution in [0.2, 0.25) is 5.02 Å². The van der Waals surface area contributed by atoms with E-state index in [0.717, 1.165) is 11.3 Å². The second-order valence-electron chi connectivity index (χ2n) is 3.99. The van der Waals surface area contributed by atoms with E-state index in [1.807, 2.05) is 0 Å². The van der Waals surface area contributed by atoms with E-state index in [1.165, 1.54) is 32.2 Å². The third kappa shape index (κ3) is 3.37. The van der Waals surface area contributed by atoms with Crippen LogP contribution >= 0.6 is 22.9 Å². The van der Waals surface area contributed by atoms with Gasteiger partial charge in [0.1, 0.15) is 10.7 Å². The largest absolute Gasteiger partial charge is 0.464 e. The molecule has 21 heavy (non-hydrogen) atoms. The molecule has 0 unspecified atom stereocenters. The zero-order valence-electron chi connectivity index (χ0n) is 11.1. The molecule has 8 heteroatoms. The predicted octanol–water partition coefficient (Wildman–Crippen LogP) is 3.67. The van der Waals surface area contributed by atoms with Gasteiger partial charge in [-0.05, 0) is 18.2 Å². The van der Waals surface area contributed by atoms with Crippen LogP contribution in [-0.2, 0) is 4.74 Å². The summed E-state index contributed by atoms with van der Waals surface area (Å²) in [5.41, 5.74) is 0.210. The highest BCUT2D eigenvalue weighted by Gasteiger charge is 2.22. The number of methoxy groups -OCH3 is 1. The number of thiazole rings is 1. The van der Waals surface area contributed by atoms with Gasteiger partial charge in [-0.3, -0.25) is 4.79 Å². The van der Waals surface area contributed by atoms with Crippen LogP contribution in [0.4, 0.5) is 15.2 Å². The van der Waals surface area contributed by atoms with E-state index in [4.69, 9.17) is 11.6 Å². The highest BCUT2D eigenvalue weighted by molar-refractivity contribution is 7.17. The number of ketones is 1. The van der Waals surface area contributed by atoms with Gasteiger partial charge in [0.2, 0.25) is 0 Å². The van der Waals surface area contributed by atoms with Crippen LogP contribution in [0.25, 0.3) is 0 Å². The average Bonchev–Trinajstić information content (AvgIpc) is 2.86. The second-order valence-corrected chi connectivity index (χ2v) is 5.40. The number of rotatable bonds is 4. The molecular formula is C13H10ClFN2O3S. The van der Waals surface area contributed by atoms with Crippen molar-refractivity contribution in [2.45, 2.75) is 6.92 Å². The fraction of sp³-hybridized carbons (Fsp3) is 0.154. The number of ether oxygens (including phenoxy) is 1. The molecule has 2 aromatic rings. The number of aromatic nitrogens is 1. The lowest BCUT2D eigenvalue weighted by Gasteiger charge is -2.04. The maximum absolute atomic E-state index is 13.2. The Bertz CT molecular complexity index is 717. The van der Waals surface area contributed by atoms with Gasteiger partial charge in [0.15, 0.2) is 16.6 Å². The van der Waals surface area contributed by atoms with Crippen molar-refractivity contribution in [1.29, 1.82) is 0 Å². The highest BCUT2D eigenvalue weighted by atomic mass is 35.5. The number of benzene rings is 1. The van der Waals surface area contributed by atoms with Gasteiger partial charge in [-0.25, -0.2) is 14.2 Å². The Morgan fingerprint density at radius 1 is 1.43 bits per heavy atom. The maximum Gasteiger partial charge on any atom is 0.358 e. The molecule has 0 saturated carbocycles. The lowest BCUT2D eigenvalue weighted by molar-refractivity contribution is 0.0591. The SMILES string of the molecule is COC(=O)c1nc(Nc2cc(F)ccc2Cl)sc1C(C)=O. The Morgan fingerprint density at radius 2 is 2.14 bits per heavy atom. The summed E-state index contributed by atoms with van der Waals surface area (Å²) in [6.07, 6.45) is 0. The van der Waals surface area contributed by atoms with Crippen molar-refractivity contribution in [3.63, 3.8) is 0 Å². The maximum atomic E-state index is 13.2. The lowest BCUT2D eigenvalue weighted by Crippen LogP contribution is -2.07. The Labute approximate surface area is 128 Å². The Balaban J connectivity index is 2.39.